The summed E-state index contributed by atoms with van der Waals surface area (Å²) in [5.41, 5.74) is 2.44. The number of aromatic carboxylic acids is 1. The normalized spacial score (nSPS) is 11.5. The van der Waals surface area contributed by atoms with Gasteiger partial charge in [0, 0.05) is 43.6 Å². The fraction of sp³-hybridized carbons (Fsp3) is 0.333. The van der Waals surface area contributed by atoms with Gasteiger partial charge in [-0.2, -0.15) is 0 Å². The highest BCUT2D eigenvalue weighted by atomic mass is 16.4. The lowest BCUT2D eigenvalue weighted by atomic mass is 10.1. The number of carbonyl (C=O) groups is 2. The van der Waals surface area contributed by atoms with E-state index < -0.39 is 12.1 Å². The second-order valence-corrected chi connectivity index (χ2v) is 9.53. The molecule has 10 nitrogen and oxygen atoms in total. The molecule has 5 N–H and O–H groups in total. The summed E-state index contributed by atoms with van der Waals surface area (Å²) in [6.07, 6.45) is 0.755. The van der Waals surface area contributed by atoms with E-state index in [9.17, 15) is 14.7 Å². The molecule has 0 bridgehead atoms. The molecule has 0 saturated heterocycles. The van der Waals surface area contributed by atoms with E-state index in [0.29, 0.717) is 23.9 Å². The van der Waals surface area contributed by atoms with Gasteiger partial charge in [0.05, 0.1) is 11.8 Å². The Kier molecular flexibility index (Phi) is 10.5. The lowest BCUT2D eigenvalue weighted by Crippen LogP contribution is -2.43. The molecule has 10 heteroatoms. The first-order valence-electron chi connectivity index (χ1n) is 11.8. The quantitative estimate of drug-likeness (QED) is 0.325. The van der Waals surface area contributed by atoms with Crippen molar-refractivity contribution in [3.8, 4) is 11.3 Å². The van der Waals surface area contributed by atoms with Crippen molar-refractivity contribution in [1.29, 1.82) is 0 Å². The van der Waals surface area contributed by atoms with Gasteiger partial charge >= 0.3 is 12.0 Å². The van der Waals surface area contributed by atoms with Crippen molar-refractivity contribution in [2.75, 3.05) is 37.9 Å². The highest BCUT2D eigenvalue weighted by molar-refractivity contribution is 5.94. The standard InChI is InChI=1S/C14H23N3O2.C13H13N3O2/c1-14(2,3)17-13(19)16-11-7-5-6-10(8-11)12(18)9-15-4;1-16(2)13-14-8-10(12(17)18)11(15-13)9-6-4-3-5-7-9/h5-8,12,15,18H,9H2,1-4H3,(H2,16,17,19);3-8H,1-2H3,(H,17,18). The van der Waals surface area contributed by atoms with Crippen LogP contribution in [0.5, 0.6) is 0 Å². The number of benzene rings is 2. The van der Waals surface area contributed by atoms with E-state index in [0.717, 1.165) is 11.1 Å². The molecule has 1 unspecified atom stereocenters. The number of nitrogens with zero attached hydrogens (tertiary/aromatic N) is 3. The van der Waals surface area contributed by atoms with Crippen LogP contribution in [0.3, 0.4) is 0 Å². The van der Waals surface area contributed by atoms with Gasteiger partial charge in [-0.1, -0.05) is 42.5 Å². The van der Waals surface area contributed by atoms with Gasteiger partial charge in [-0.05, 0) is 45.5 Å². The number of amides is 2. The number of nitrogens with one attached hydrogen (secondary N) is 3. The number of likely N-dealkylation sites (N-methyl/N-ethyl adjacent to an activating group) is 1. The van der Waals surface area contributed by atoms with Gasteiger partial charge in [0.1, 0.15) is 5.56 Å². The van der Waals surface area contributed by atoms with Gasteiger partial charge in [0.15, 0.2) is 0 Å². The number of urea groups is 1. The van der Waals surface area contributed by atoms with Gasteiger partial charge in [-0.3, -0.25) is 0 Å². The molecule has 3 rings (SSSR count). The number of aliphatic hydroxyl groups is 1. The zero-order chi connectivity index (χ0) is 27.6. The third kappa shape index (κ3) is 9.51. The first-order chi connectivity index (χ1) is 17.4. The predicted molar refractivity (Wildman–Crippen MR) is 146 cm³/mol. The maximum absolute atomic E-state index is 11.7. The third-order valence-corrected chi connectivity index (χ3v) is 4.87. The van der Waals surface area contributed by atoms with Crippen LogP contribution in [0.1, 0.15) is 42.8 Å². The summed E-state index contributed by atoms with van der Waals surface area (Å²) in [4.78, 5) is 33.0. The molecule has 37 heavy (non-hydrogen) atoms. The maximum atomic E-state index is 11.7. The highest BCUT2D eigenvalue weighted by Crippen LogP contribution is 2.22. The van der Waals surface area contributed by atoms with E-state index >= 15 is 0 Å². The van der Waals surface area contributed by atoms with Crippen molar-refractivity contribution in [3.05, 3.63) is 71.9 Å². The van der Waals surface area contributed by atoms with E-state index in [-0.39, 0.29) is 17.1 Å². The molecule has 1 heterocycles. The Morgan fingerprint density at radius 1 is 1.05 bits per heavy atom. The molecule has 3 aromatic rings. The molecule has 2 amide bonds. The predicted octanol–water partition coefficient (Wildman–Crippen LogP) is 3.77. The van der Waals surface area contributed by atoms with E-state index in [1.807, 2.05) is 71.3 Å². The number of hydrogen-bond acceptors (Lipinski definition) is 7. The number of carboxylic acid groups (broad SMARTS) is 1. The number of carboxylic acids is 1. The Morgan fingerprint density at radius 2 is 1.73 bits per heavy atom. The minimum atomic E-state index is -1.03. The molecular weight excluding hydrogens is 472 g/mol. The maximum Gasteiger partial charge on any atom is 0.339 e. The fourth-order valence-electron chi connectivity index (χ4n) is 3.20. The molecule has 0 radical (unpaired) electrons. The van der Waals surface area contributed by atoms with Gasteiger partial charge in [0.25, 0.3) is 0 Å². The summed E-state index contributed by atoms with van der Waals surface area (Å²) in [6.45, 7) is 6.22. The molecule has 198 valence electrons. The Bertz CT molecular complexity index is 1180. The van der Waals surface area contributed by atoms with Crippen LogP contribution in [-0.2, 0) is 0 Å². The van der Waals surface area contributed by atoms with Crippen LogP contribution in [0, 0.1) is 0 Å². The SMILES string of the molecule is CN(C)c1ncc(C(=O)O)c(-c2ccccc2)n1.CNCC(O)c1cccc(NC(=O)NC(C)(C)C)c1. The van der Waals surface area contributed by atoms with Crippen molar-refractivity contribution >= 4 is 23.6 Å². The van der Waals surface area contributed by atoms with Crippen LogP contribution < -0.4 is 20.9 Å². The number of anilines is 2. The Hall–Kier alpha value is -4.02. The molecule has 0 fully saturated rings. The van der Waals surface area contributed by atoms with Crippen LogP contribution in [-0.4, -0.2) is 65.4 Å². The van der Waals surface area contributed by atoms with Gasteiger partial charge in [-0.25, -0.2) is 19.6 Å². The number of hydrogen-bond donors (Lipinski definition) is 5. The first-order valence-corrected chi connectivity index (χ1v) is 11.8. The van der Waals surface area contributed by atoms with Crippen molar-refractivity contribution in [1.82, 2.24) is 20.6 Å². The number of aromatic nitrogens is 2. The summed E-state index contributed by atoms with van der Waals surface area (Å²) in [6, 6.07) is 16.2. The van der Waals surface area contributed by atoms with Crippen LogP contribution in [0.15, 0.2) is 60.8 Å². The molecule has 0 aliphatic carbocycles. The summed E-state index contributed by atoms with van der Waals surface area (Å²) >= 11 is 0. The monoisotopic (exact) mass is 508 g/mol. The molecule has 0 saturated carbocycles. The molecule has 0 aliphatic heterocycles. The number of carbonyl (C=O) groups excluding carboxylic acids is 1. The van der Waals surface area contributed by atoms with Crippen molar-refractivity contribution in [2.24, 2.45) is 0 Å². The lowest BCUT2D eigenvalue weighted by Gasteiger charge is -2.21. The van der Waals surface area contributed by atoms with Gasteiger partial charge in [0.2, 0.25) is 5.95 Å². The van der Waals surface area contributed by atoms with Crippen LogP contribution in [0.2, 0.25) is 0 Å². The Morgan fingerprint density at radius 3 is 2.30 bits per heavy atom. The van der Waals surface area contributed by atoms with E-state index in [1.54, 1.807) is 30.1 Å². The molecule has 1 atom stereocenters. The van der Waals surface area contributed by atoms with Crippen molar-refractivity contribution in [2.45, 2.75) is 32.4 Å². The van der Waals surface area contributed by atoms with Crippen LogP contribution in [0.25, 0.3) is 11.3 Å². The first kappa shape index (κ1) is 29.2. The summed E-state index contributed by atoms with van der Waals surface area (Å²) in [5.74, 6) is -0.544. The molecule has 0 aliphatic rings. The van der Waals surface area contributed by atoms with E-state index in [4.69, 9.17) is 5.11 Å². The number of aliphatic hydroxyl groups excluding tert-OH is 1. The largest absolute Gasteiger partial charge is 0.478 e. The molecule has 2 aromatic carbocycles. The second kappa shape index (κ2) is 13.3. The topological polar surface area (TPSA) is 140 Å². The average molecular weight is 509 g/mol. The zero-order valence-electron chi connectivity index (χ0n) is 22.1. The van der Waals surface area contributed by atoms with Gasteiger partial charge in [-0.15, -0.1) is 0 Å². The molecular formula is C27H36N6O4. The van der Waals surface area contributed by atoms with Crippen LogP contribution in [0.4, 0.5) is 16.4 Å². The summed E-state index contributed by atoms with van der Waals surface area (Å²) in [7, 11) is 5.40. The van der Waals surface area contributed by atoms with Crippen molar-refractivity contribution < 1.29 is 19.8 Å². The van der Waals surface area contributed by atoms with Crippen LogP contribution >= 0.6 is 0 Å². The van der Waals surface area contributed by atoms with E-state index in [1.165, 1.54) is 6.20 Å². The highest BCUT2D eigenvalue weighted by Gasteiger charge is 2.16. The summed E-state index contributed by atoms with van der Waals surface area (Å²) < 4.78 is 0. The number of rotatable bonds is 7. The summed E-state index contributed by atoms with van der Waals surface area (Å²) in [5, 5.41) is 27.5. The zero-order valence-corrected chi connectivity index (χ0v) is 22.1. The van der Waals surface area contributed by atoms with Gasteiger partial charge < -0.3 is 31.1 Å². The Balaban J connectivity index is 0.000000260. The smallest absolute Gasteiger partial charge is 0.339 e. The Labute approximate surface area is 217 Å². The lowest BCUT2D eigenvalue weighted by molar-refractivity contribution is 0.0697. The minimum absolute atomic E-state index is 0.104. The van der Waals surface area contributed by atoms with E-state index in [2.05, 4.69) is 25.9 Å². The third-order valence-electron chi connectivity index (χ3n) is 4.87. The average Bonchev–Trinajstić information content (AvgIpc) is 2.83. The molecule has 1 aromatic heterocycles. The van der Waals surface area contributed by atoms with Crippen molar-refractivity contribution in [3.63, 3.8) is 0 Å². The minimum Gasteiger partial charge on any atom is -0.478 e. The molecule has 0 spiro atoms. The fourth-order valence-corrected chi connectivity index (χ4v) is 3.20. The second-order valence-electron chi connectivity index (χ2n) is 9.53.